The van der Waals surface area contributed by atoms with Gasteiger partial charge >= 0.3 is 17.9 Å². The minimum absolute atomic E-state index is 0.0219. The Morgan fingerprint density at radius 1 is 0.489 bits per heavy atom. The Kier molecular flexibility index (Phi) is 9.29. The molecule has 0 aromatic heterocycles. The number of fused-ring (bicyclic) bond motifs is 9. The number of hydrogen-bond donors (Lipinski definition) is 3. The van der Waals surface area contributed by atoms with E-state index >= 15 is 0 Å². The van der Waals surface area contributed by atoms with Gasteiger partial charge in [0.15, 0.2) is 34.5 Å². The van der Waals surface area contributed by atoms with Crippen molar-refractivity contribution in [3.8, 4) is 34.5 Å². The van der Waals surface area contributed by atoms with Gasteiger partial charge in [0.1, 0.15) is 36.3 Å². The van der Waals surface area contributed by atoms with Crippen LogP contribution in [0.5, 0.6) is 34.5 Å². The number of hydrogen-bond acceptors (Lipinski definition) is 18. The molecule has 6 aliphatic rings. The maximum absolute atomic E-state index is 13.9. The quantitative estimate of drug-likeness (QED) is 0.0666. The summed E-state index contributed by atoms with van der Waals surface area (Å²) in [6.07, 6.45) is -34.3. The second-order valence-corrected chi connectivity index (χ2v) is 20.1. The molecule has 3 fully saturated rings. The molecule has 0 radical (unpaired) electrons. The van der Waals surface area contributed by atoms with Crippen LogP contribution >= 0.6 is 0 Å². The van der Waals surface area contributed by atoms with E-state index in [1.165, 1.54) is 52.7 Å². The molecule has 6 heterocycles. The fourth-order valence-electron chi connectivity index (χ4n) is 9.83. The summed E-state index contributed by atoms with van der Waals surface area (Å²) in [5, 5.41) is 0. The average molecular weight is 1320 g/mol. The van der Waals surface area contributed by atoms with Crippen molar-refractivity contribution in [1.29, 1.82) is 0 Å². The molecule has 12 unspecified atom stereocenters. The summed E-state index contributed by atoms with van der Waals surface area (Å²) in [6, 6.07) is -11.3. The highest BCUT2D eigenvalue weighted by molar-refractivity contribution is 5.77. The number of benzene rings is 3. The summed E-state index contributed by atoms with van der Waals surface area (Å²) in [7, 11) is 3.15. The first-order chi connectivity index (χ1) is 66.3. The van der Waals surface area contributed by atoms with Crippen molar-refractivity contribution in [3.63, 3.8) is 0 Å². The molecule has 0 amide bonds. The van der Waals surface area contributed by atoms with E-state index in [1.807, 2.05) is 0 Å². The summed E-state index contributed by atoms with van der Waals surface area (Å²) in [5.41, 5.74) is 17.2. The molecule has 9 rings (SSSR count). The van der Waals surface area contributed by atoms with E-state index in [0.717, 1.165) is 19.2 Å². The van der Waals surface area contributed by atoms with Crippen molar-refractivity contribution >= 4 is 17.9 Å². The summed E-state index contributed by atoms with van der Waals surface area (Å²) >= 11 is 0. The van der Waals surface area contributed by atoms with Crippen LogP contribution in [0, 0.1) is 53.0 Å². The highest BCUT2D eigenvalue weighted by Gasteiger charge is 2.45. The first kappa shape index (κ1) is 25.7. The van der Waals surface area contributed by atoms with Gasteiger partial charge < -0.3 is 59.8 Å². The first-order valence-corrected chi connectivity index (χ1v) is 27.0. The Labute approximate surface area is 625 Å². The lowest BCUT2D eigenvalue weighted by atomic mass is 9.79. The van der Waals surface area contributed by atoms with E-state index in [0.29, 0.717) is 41.0 Å². The van der Waals surface area contributed by atoms with Crippen LogP contribution in [0.1, 0.15) is 256 Å². The van der Waals surface area contributed by atoms with Crippen molar-refractivity contribution in [2.75, 3.05) is 81.7 Å². The first-order valence-electron chi connectivity index (χ1n) is 57.5. The smallest absolute Gasteiger partial charge is 0.323 e. The molecule has 6 aliphatic heterocycles. The second kappa shape index (κ2) is 32.5. The van der Waals surface area contributed by atoms with Crippen molar-refractivity contribution in [1.82, 2.24) is 14.7 Å². The number of esters is 3. The molecular weight excluding hydrogens is 1140 g/mol. The van der Waals surface area contributed by atoms with Gasteiger partial charge in [-0.25, -0.2) is 0 Å². The van der Waals surface area contributed by atoms with Crippen LogP contribution in [0.15, 0.2) is 36.4 Å². The molecular formula is C72H114N6O12. The number of piperidine rings is 3. The van der Waals surface area contributed by atoms with E-state index in [4.69, 9.17) is 122 Å². The van der Waals surface area contributed by atoms with Gasteiger partial charge in [-0.1, -0.05) is 82.4 Å². The van der Waals surface area contributed by atoms with Gasteiger partial charge in [-0.2, -0.15) is 0 Å². The molecule has 15 atom stereocenters. The zero-order valence-electron chi connectivity index (χ0n) is 111. The molecule has 0 aliphatic carbocycles. The molecule has 3 aromatic carbocycles. The highest BCUT2D eigenvalue weighted by atomic mass is 16.6. The number of carbonyl (C=O) groups is 3. The molecule has 18 heteroatoms. The fraction of sp³-hybridized carbons (Fsp3) is 0.708. The molecule has 6 N–H and O–H groups in total. The standard InChI is InChI=1S/3C24H38N2O4/c3*1-14(2)9-17-13-26-8-7-16-10-21(28-5)22(29-6)11-18(16)19(26)12-20(17)30-24(27)23(25)15(3)4/h3*10-11,14-15,17,19-20,23H,7-9,12-13,25H2,1-6H3/t3*17?,19?,20?,23-/m000/s1/i1D3,3D3,4D3,9D2,12D2,13D2,14D,15D,17D,20D,23D;1D3,3D3,4D3,5D3,9D2,12D2,13D2,14D,15D,17D,23D;1D3,3D3,4D3,9D2,12D2,13D2,14D,15D,17D,23D/t3*14?,17?,19?,20?,23-. The SMILES string of the molecule is [2H]C([2H])([2H])C([2H])(C)C([2H])([2H])C1([2H])C([2H])([2H])N2CCc3cc(OC)c(OC)cc3C2C([2H])([2H])C1([2H])OC(=O)[C@@]([2H])(N)C([2H])(C([2H])([2H])[2H])C([2H])([2H])[2H].[2H]C([2H])([2H])Oc1cc2c(cc1OC)C1N(CC2)C([2H])([2H])C([2H])(C([2H])([2H])C([2H])(C)C([2H])([2H])[2H])C(OC(=O)[C@@]([2H])(N)C([2H])(C([2H])([2H])[2H])C([2H])([2H])[2H])C1([2H])[2H].[2H]C1([2H])C2c3cc(OC)c(OC)cc3CCN2C([2H])([2H])C([2H])(C([2H])([2H])C([2H])(C)C([2H])([2H])[2H])C1OC(=O)[C@@]([2H])(N)C([2H])(C([2H])([2H])[2H])C([2H])([2H])[2H]. The number of carbonyl (C=O) groups excluding carboxylic acids is 3. The second-order valence-electron chi connectivity index (χ2n) is 20.1. The van der Waals surface area contributed by atoms with E-state index in [-0.39, 0.29) is 81.6 Å². The number of methoxy groups -OCH3 is 6. The van der Waals surface area contributed by atoms with E-state index in [9.17, 15) is 36.3 Å². The molecule has 504 valence electrons. The largest absolute Gasteiger partial charge is 0.493 e. The third-order valence-electron chi connectivity index (χ3n) is 14.0. The number of nitrogens with two attached hydrogens (primary N) is 3. The molecule has 3 saturated heterocycles. The lowest BCUT2D eigenvalue weighted by Gasteiger charge is -2.47. The van der Waals surface area contributed by atoms with Crippen LogP contribution in [0.3, 0.4) is 0 Å². The third-order valence-corrected chi connectivity index (χ3v) is 14.0. The maximum Gasteiger partial charge on any atom is 0.323 e. The summed E-state index contributed by atoms with van der Waals surface area (Å²) in [6.45, 7) is -46.5. The van der Waals surface area contributed by atoms with Gasteiger partial charge in [0, 0.05) is 168 Å². The van der Waals surface area contributed by atoms with Gasteiger partial charge in [0.25, 0.3) is 0 Å². The van der Waals surface area contributed by atoms with Crippen LogP contribution in [0.4, 0.5) is 0 Å². The van der Waals surface area contributed by atoms with Gasteiger partial charge in [-0.3, -0.25) is 29.1 Å². The monoisotopic (exact) mass is 1320 g/mol. The Morgan fingerprint density at radius 3 is 1.13 bits per heavy atom. The normalized spacial score (nSPS) is 46.7. The lowest BCUT2D eigenvalue weighted by Crippen LogP contribution is -2.51. The Bertz CT molecular complexity index is 5520. The molecule has 18 nitrogen and oxygen atoms in total. The van der Waals surface area contributed by atoms with E-state index in [2.05, 4.69) is 0 Å². The third kappa shape index (κ3) is 17.5. The zero-order chi connectivity index (χ0) is 119. The zero-order valence-corrected chi connectivity index (χ0v) is 50.1. The Balaban J connectivity index is 0.000000306. The summed E-state index contributed by atoms with van der Waals surface area (Å²) < 4.78 is 556. The molecule has 0 bridgehead atoms. The van der Waals surface area contributed by atoms with E-state index in [1.54, 1.807) is 0 Å². The van der Waals surface area contributed by atoms with E-state index < -0.39 is 271 Å². The van der Waals surface area contributed by atoms with Crippen molar-refractivity contribution in [3.05, 3.63) is 69.8 Å². The average Bonchev–Trinajstić information content (AvgIpc) is 0.662. The summed E-state index contributed by atoms with van der Waals surface area (Å²) in [5.74, 6) is -43.7. The molecule has 90 heavy (non-hydrogen) atoms. The summed E-state index contributed by atoms with van der Waals surface area (Å²) in [4.78, 5) is 43.3. The van der Waals surface area contributed by atoms with Gasteiger partial charge in [-0.15, -0.1) is 0 Å². The van der Waals surface area contributed by atoms with Crippen LogP contribution in [-0.2, 0) is 47.9 Å². The Morgan fingerprint density at radius 2 is 0.800 bits per heavy atom. The van der Waals surface area contributed by atoms with Crippen LogP contribution in [0.2, 0.25) is 0 Å². The molecule has 3 aromatic rings. The number of nitrogens with zero attached hydrogens (tertiary/aromatic N) is 3. The topological polar surface area (TPSA) is 222 Å². The molecule has 0 saturated carbocycles. The van der Waals surface area contributed by atoms with Crippen molar-refractivity contribution in [2.24, 2.45) is 70.2 Å². The predicted molar refractivity (Wildman–Crippen MR) is 353 cm³/mol. The van der Waals surface area contributed by atoms with Gasteiger partial charge in [0.2, 0.25) is 0 Å². The minimum Gasteiger partial charge on any atom is -0.493 e. The van der Waals surface area contributed by atoms with Crippen LogP contribution in [-0.4, -0.2) is 151 Å². The number of ether oxygens (including phenoxy) is 9. The van der Waals surface area contributed by atoms with Crippen LogP contribution in [0.25, 0.3) is 0 Å². The van der Waals surface area contributed by atoms with Crippen molar-refractivity contribution in [2.45, 2.75) is 194 Å². The maximum atomic E-state index is 13.9. The highest BCUT2D eigenvalue weighted by Crippen LogP contribution is 2.48. The lowest BCUT2D eigenvalue weighted by molar-refractivity contribution is -0.161. The number of rotatable bonds is 21. The molecule has 0 spiro atoms. The minimum atomic E-state index is -4.45. The fourth-order valence-corrected chi connectivity index (χ4v) is 9.83. The van der Waals surface area contributed by atoms with Gasteiger partial charge in [0.05, 0.1) is 52.2 Å². The predicted octanol–water partition coefficient (Wildman–Crippen LogP) is 10.7. The van der Waals surface area contributed by atoms with Crippen LogP contribution < -0.4 is 45.6 Å². The Hall–Kier alpha value is -5.37. The van der Waals surface area contributed by atoms with Gasteiger partial charge in [-0.05, 0) is 144 Å². The van der Waals surface area contributed by atoms with Crippen molar-refractivity contribution < 1.29 is 141 Å².